The normalized spacial score (nSPS) is 11.5. The van der Waals surface area contributed by atoms with Crippen LogP contribution in [0.4, 0.5) is 11.6 Å². The van der Waals surface area contributed by atoms with E-state index in [0.717, 1.165) is 29.8 Å². The van der Waals surface area contributed by atoms with E-state index in [1.54, 1.807) is 6.26 Å². The van der Waals surface area contributed by atoms with Crippen molar-refractivity contribution in [2.24, 2.45) is 0 Å². The summed E-state index contributed by atoms with van der Waals surface area (Å²) in [6, 6.07) is 3.96. The summed E-state index contributed by atoms with van der Waals surface area (Å²) in [7, 11) is 3.90. The minimum absolute atomic E-state index is 0.0893. The average molecular weight is 288 g/mol. The molecule has 0 bridgehead atoms. The van der Waals surface area contributed by atoms with Crippen molar-refractivity contribution in [3.8, 4) is 0 Å². The molecule has 5 heteroatoms. The molecular formula is C16H24N4O. The van der Waals surface area contributed by atoms with Gasteiger partial charge in [-0.05, 0) is 13.0 Å². The van der Waals surface area contributed by atoms with Gasteiger partial charge in [-0.25, -0.2) is 9.97 Å². The van der Waals surface area contributed by atoms with E-state index in [4.69, 9.17) is 9.40 Å². The number of furan rings is 1. The second-order valence-corrected chi connectivity index (χ2v) is 6.29. The maximum absolute atomic E-state index is 5.35. The standard InChI is InChI=1S/C16H24N4O/c1-11-12(7-8-21-11)10-20(6)14-9-13(17-5)18-15(19-14)16(2,3)4/h7-9H,10H2,1-6H3,(H,17,18,19). The second kappa shape index (κ2) is 5.76. The van der Waals surface area contributed by atoms with Crippen molar-refractivity contribution in [1.82, 2.24) is 9.97 Å². The molecule has 1 N–H and O–H groups in total. The Morgan fingerprint density at radius 2 is 2.00 bits per heavy atom. The molecule has 0 saturated heterocycles. The van der Waals surface area contributed by atoms with Gasteiger partial charge in [-0.2, -0.15) is 0 Å². The van der Waals surface area contributed by atoms with Crippen LogP contribution in [-0.4, -0.2) is 24.1 Å². The van der Waals surface area contributed by atoms with Crippen LogP contribution in [0.5, 0.6) is 0 Å². The number of nitrogens with zero attached hydrogens (tertiary/aromatic N) is 3. The van der Waals surface area contributed by atoms with E-state index in [9.17, 15) is 0 Å². The lowest BCUT2D eigenvalue weighted by atomic mass is 9.96. The fraction of sp³-hybridized carbons (Fsp3) is 0.500. The number of rotatable bonds is 4. The van der Waals surface area contributed by atoms with Crippen molar-refractivity contribution < 1.29 is 4.42 Å². The number of hydrogen-bond acceptors (Lipinski definition) is 5. The van der Waals surface area contributed by atoms with Crippen LogP contribution in [0.1, 0.15) is 37.9 Å². The van der Waals surface area contributed by atoms with Gasteiger partial charge in [0, 0.05) is 37.7 Å². The van der Waals surface area contributed by atoms with Gasteiger partial charge in [0.2, 0.25) is 0 Å². The van der Waals surface area contributed by atoms with Crippen molar-refractivity contribution in [1.29, 1.82) is 0 Å². The van der Waals surface area contributed by atoms with Crippen LogP contribution >= 0.6 is 0 Å². The molecule has 5 nitrogen and oxygen atoms in total. The Balaban J connectivity index is 2.32. The molecule has 0 spiro atoms. The lowest BCUT2D eigenvalue weighted by Gasteiger charge is -2.23. The number of aromatic nitrogens is 2. The lowest BCUT2D eigenvalue weighted by molar-refractivity contribution is 0.529. The molecule has 2 aromatic rings. The number of aryl methyl sites for hydroxylation is 1. The predicted octanol–water partition coefficient (Wildman–Crippen LogP) is 3.35. The summed E-state index contributed by atoms with van der Waals surface area (Å²) in [5.41, 5.74) is 1.08. The first-order valence-electron chi connectivity index (χ1n) is 7.12. The van der Waals surface area contributed by atoms with E-state index in [-0.39, 0.29) is 5.41 Å². The monoisotopic (exact) mass is 288 g/mol. The predicted molar refractivity (Wildman–Crippen MR) is 85.8 cm³/mol. The topological polar surface area (TPSA) is 54.2 Å². The molecule has 114 valence electrons. The van der Waals surface area contributed by atoms with E-state index in [1.807, 2.05) is 33.2 Å². The van der Waals surface area contributed by atoms with Crippen molar-refractivity contribution in [3.05, 3.63) is 35.5 Å². The molecule has 21 heavy (non-hydrogen) atoms. The van der Waals surface area contributed by atoms with Crippen LogP contribution in [-0.2, 0) is 12.0 Å². The smallest absolute Gasteiger partial charge is 0.138 e. The summed E-state index contributed by atoms with van der Waals surface area (Å²) >= 11 is 0. The van der Waals surface area contributed by atoms with Crippen molar-refractivity contribution in [2.75, 3.05) is 24.3 Å². The van der Waals surface area contributed by atoms with Crippen LogP contribution in [0.15, 0.2) is 22.8 Å². The highest BCUT2D eigenvalue weighted by Gasteiger charge is 2.20. The molecule has 0 aliphatic heterocycles. The first kappa shape index (κ1) is 15.4. The lowest BCUT2D eigenvalue weighted by Crippen LogP contribution is -2.22. The summed E-state index contributed by atoms with van der Waals surface area (Å²) < 4.78 is 5.35. The molecule has 0 amide bonds. The highest BCUT2D eigenvalue weighted by atomic mass is 16.3. The van der Waals surface area contributed by atoms with Crippen molar-refractivity contribution in [3.63, 3.8) is 0 Å². The SMILES string of the molecule is CNc1cc(N(C)Cc2ccoc2C)nc(C(C)(C)C)n1. The van der Waals surface area contributed by atoms with E-state index < -0.39 is 0 Å². The fourth-order valence-electron chi connectivity index (χ4n) is 2.01. The maximum atomic E-state index is 5.35. The van der Waals surface area contributed by atoms with E-state index in [2.05, 4.69) is 36.0 Å². The van der Waals surface area contributed by atoms with E-state index >= 15 is 0 Å². The van der Waals surface area contributed by atoms with E-state index in [0.29, 0.717) is 0 Å². The fourth-order valence-corrected chi connectivity index (χ4v) is 2.01. The summed E-state index contributed by atoms with van der Waals surface area (Å²) in [6.45, 7) is 9.08. The zero-order valence-corrected chi connectivity index (χ0v) is 13.7. The average Bonchev–Trinajstić information content (AvgIpc) is 2.82. The molecule has 0 aliphatic rings. The summed E-state index contributed by atoms with van der Waals surface area (Å²) in [5, 5.41) is 3.11. The Morgan fingerprint density at radius 1 is 1.29 bits per heavy atom. The van der Waals surface area contributed by atoms with Gasteiger partial charge in [-0.3, -0.25) is 0 Å². The maximum Gasteiger partial charge on any atom is 0.138 e. The Bertz CT molecular complexity index is 613. The second-order valence-electron chi connectivity index (χ2n) is 6.29. The highest BCUT2D eigenvalue weighted by molar-refractivity contribution is 5.49. The van der Waals surface area contributed by atoms with Crippen LogP contribution < -0.4 is 10.2 Å². The van der Waals surface area contributed by atoms with Crippen LogP contribution in [0.2, 0.25) is 0 Å². The molecule has 2 aromatic heterocycles. The molecule has 2 heterocycles. The zero-order chi connectivity index (χ0) is 15.6. The Labute approximate surface area is 126 Å². The molecule has 0 saturated carbocycles. The van der Waals surface area contributed by atoms with Gasteiger partial charge in [-0.15, -0.1) is 0 Å². The molecule has 0 fully saturated rings. The minimum Gasteiger partial charge on any atom is -0.469 e. The largest absolute Gasteiger partial charge is 0.469 e. The summed E-state index contributed by atoms with van der Waals surface area (Å²) in [5.74, 6) is 3.52. The van der Waals surface area contributed by atoms with Gasteiger partial charge in [0.05, 0.1) is 6.26 Å². The molecule has 2 rings (SSSR count). The van der Waals surface area contributed by atoms with Gasteiger partial charge in [0.25, 0.3) is 0 Å². The first-order valence-corrected chi connectivity index (χ1v) is 7.12. The number of hydrogen-bond donors (Lipinski definition) is 1. The molecular weight excluding hydrogens is 264 g/mol. The number of anilines is 2. The molecule has 0 atom stereocenters. The van der Waals surface area contributed by atoms with Crippen LogP contribution in [0.25, 0.3) is 0 Å². The Kier molecular flexibility index (Phi) is 4.21. The Hall–Kier alpha value is -2.04. The van der Waals surface area contributed by atoms with Gasteiger partial charge in [0.1, 0.15) is 23.2 Å². The van der Waals surface area contributed by atoms with Gasteiger partial charge >= 0.3 is 0 Å². The third kappa shape index (κ3) is 3.54. The quantitative estimate of drug-likeness (QED) is 0.935. The Morgan fingerprint density at radius 3 is 2.52 bits per heavy atom. The first-order chi connectivity index (χ1) is 9.81. The van der Waals surface area contributed by atoms with Gasteiger partial charge < -0.3 is 14.6 Å². The van der Waals surface area contributed by atoms with Gasteiger partial charge in [0.15, 0.2) is 0 Å². The third-order valence-corrected chi connectivity index (χ3v) is 3.40. The molecule has 0 aliphatic carbocycles. The molecule has 0 radical (unpaired) electrons. The van der Waals surface area contributed by atoms with Crippen LogP contribution in [0.3, 0.4) is 0 Å². The minimum atomic E-state index is -0.0893. The zero-order valence-electron chi connectivity index (χ0n) is 13.7. The van der Waals surface area contributed by atoms with Crippen molar-refractivity contribution in [2.45, 2.75) is 39.7 Å². The summed E-state index contributed by atoms with van der Waals surface area (Å²) in [4.78, 5) is 11.4. The van der Waals surface area contributed by atoms with Crippen LogP contribution in [0, 0.1) is 6.92 Å². The number of nitrogens with one attached hydrogen (secondary N) is 1. The highest BCUT2D eigenvalue weighted by Crippen LogP contribution is 2.24. The molecule has 0 aromatic carbocycles. The molecule has 0 unspecified atom stereocenters. The summed E-state index contributed by atoms with van der Waals surface area (Å²) in [6.07, 6.45) is 1.72. The van der Waals surface area contributed by atoms with Gasteiger partial charge in [-0.1, -0.05) is 20.8 Å². The van der Waals surface area contributed by atoms with E-state index in [1.165, 1.54) is 5.56 Å². The third-order valence-electron chi connectivity index (χ3n) is 3.40. The van der Waals surface area contributed by atoms with Crippen molar-refractivity contribution >= 4 is 11.6 Å².